The van der Waals surface area contributed by atoms with Crippen LogP contribution in [0.5, 0.6) is 0 Å². The second-order valence-electron chi connectivity index (χ2n) is 11.1. The van der Waals surface area contributed by atoms with Gasteiger partial charge in [-0.2, -0.15) is 0 Å². The van der Waals surface area contributed by atoms with Crippen molar-refractivity contribution in [2.75, 3.05) is 170 Å². The van der Waals surface area contributed by atoms with Crippen molar-refractivity contribution >= 4 is 17.6 Å². The van der Waals surface area contributed by atoms with Gasteiger partial charge in [0.2, 0.25) is 0 Å². The van der Waals surface area contributed by atoms with Gasteiger partial charge in [0.05, 0.1) is 151 Å². The van der Waals surface area contributed by atoms with Gasteiger partial charge in [-0.05, 0) is 30.7 Å². The highest BCUT2D eigenvalue weighted by Crippen LogP contribution is 2.11. The summed E-state index contributed by atoms with van der Waals surface area (Å²) >= 11 is 0. The van der Waals surface area contributed by atoms with Crippen LogP contribution >= 0.6 is 0 Å². The highest BCUT2D eigenvalue weighted by molar-refractivity contribution is 5.89. The van der Waals surface area contributed by atoms with E-state index in [1.807, 2.05) is 12.1 Å². The molecular formula is C38H65NO15. The summed E-state index contributed by atoms with van der Waals surface area (Å²) < 4.78 is 69.9. The van der Waals surface area contributed by atoms with E-state index >= 15 is 0 Å². The molecule has 0 fully saturated rings. The third kappa shape index (κ3) is 33.8. The molecule has 0 aliphatic heterocycles. The lowest BCUT2D eigenvalue weighted by atomic mass is 10.2. The van der Waals surface area contributed by atoms with Gasteiger partial charge in [0.1, 0.15) is 13.2 Å². The molecule has 0 spiro atoms. The van der Waals surface area contributed by atoms with Crippen LogP contribution in [0.25, 0.3) is 0 Å². The summed E-state index contributed by atoms with van der Waals surface area (Å²) in [5.41, 5.74) is 1.51. The Balaban J connectivity index is 1.68. The molecule has 0 atom stereocenters. The summed E-state index contributed by atoms with van der Waals surface area (Å²) in [4.78, 5) is 23.0. The van der Waals surface area contributed by atoms with E-state index in [2.05, 4.69) is 18.8 Å². The van der Waals surface area contributed by atoms with Crippen molar-refractivity contribution < 1.29 is 71.2 Å². The number of carbonyl (C=O) groups is 2. The molecule has 16 heteroatoms. The molecule has 0 aliphatic rings. The zero-order chi connectivity index (χ0) is 38.8. The van der Waals surface area contributed by atoms with E-state index in [-0.39, 0.29) is 19.2 Å². The monoisotopic (exact) mass is 775 g/mol. The molecule has 0 saturated carbocycles. The quantitative estimate of drug-likeness (QED) is 0.0585. The minimum Gasteiger partial charge on any atom is -0.460 e. The fourth-order valence-electron chi connectivity index (χ4n) is 3.97. The van der Waals surface area contributed by atoms with Gasteiger partial charge >= 0.3 is 11.9 Å². The zero-order valence-electron chi connectivity index (χ0n) is 32.3. The largest absolute Gasteiger partial charge is 0.460 e. The maximum atomic E-state index is 12.1. The van der Waals surface area contributed by atoms with Crippen molar-refractivity contribution in [3.63, 3.8) is 0 Å². The van der Waals surface area contributed by atoms with Crippen LogP contribution in [-0.2, 0) is 66.4 Å². The average Bonchev–Trinajstić information content (AvgIpc) is 3.19. The normalized spacial score (nSPS) is 11.1. The van der Waals surface area contributed by atoms with Gasteiger partial charge < -0.3 is 66.9 Å². The molecule has 0 aliphatic carbocycles. The van der Waals surface area contributed by atoms with Crippen LogP contribution in [0, 0.1) is 0 Å². The Bertz CT molecular complexity index is 986. The first-order chi connectivity index (χ1) is 26.7. The van der Waals surface area contributed by atoms with Gasteiger partial charge in [0.15, 0.2) is 0 Å². The molecule has 0 bridgehead atoms. The Kier molecular flexibility index (Phi) is 36.4. The molecule has 0 aromatic heterocycles. The summed E-state index contributed by atoms with van der Waals surface area (Å²) in [5, 5.41) is 3.32. The Morgan fingerprint density at radius 2 is 0.778 bits per heavy atom. The van der Waals surface area contributed by atoms with Crippen LogP contribution in [0.4, 0.5) is 5.69 Å². The van der Waals surface area contributed by atoms with E-state index < -0.39 is 5.97 Å². The SMILES string of the molecule is C=CC(=O)OCCOCCOCCOCCOCCOCCOCCOCCOCCOCCOCCOCCOC(=O)c1ccc(NCCCC)cc1. The minimum absolute atomic E-state index is 0.184. The molecule has 1 aromatic rings. The maximum absolute atomic E-state index is 12.1. The summed E-state index contributed by atoms with van der Waals surface area (Å²) in [6.45, 7) is 16.7. The fourth-order valence-corrected chi connectivity index (χ4v) is 3.97. The van der Waals surface area contributed by atoms with Gasteiger partial charge in [-0.25, -0.2) is 9.59 Å². The lowest BCUT2D eigenvalue weighted by molar-refractivity contribution is -0.139. The summed E-state index contributed by atoms with van der Waals surface area (Å²) in [7, 11) is 0. The molecule has 0 amide bonds. The van der Waals surface area contributed by atoms with Gasteiger partial charge in [-0.1, -0.05) is 19.9 Å². The smallest absolute Gasteiger partial charge is 0.338 e. The highest BCUT2D eigenvalue weighted by atomic mass is 16.6. The number of esters is 2. The van der Waals surface area contributed by atoms with Crippen LogP contribution in [0.15, 0.2) is 36.9 Å². The molecule has 312 valence electrons. The van der Waals surface area contributed by atoms with Crippen molar-refractivity contribution in [2.45, 2.75) is 19.8 Å². The van der Waals surface area contributed by atoms with E-state index in [1.165, 1.54) is 0 Å². The Morgan fingerprint density at radius 3 is 1.07 bits per heavy atom. The number of hydrogen-bond acceptors (Lipinski definition) is 16. The zero-order valence-corrected chi connectivity index (χ0v) is 32.3. The van der Waals surface area contributed by atoms with E-state index in [9.17, 15) is 9.59 Å². The van der Waals surface area contributed by atoms with E-state index in [0.717, 1.165) is 31.1 Å². The Labute approximate surface area is 321 Å². The fraction of sp³-hybridized carbons (Fsp3) is 0.737. The molecule has 0 saturated heterocycles. The predicted octanol–water partition coefficient (Wildman–Crippen LogP) is 2.97. The average molecular weight is 776 g/mol. The van der Waals surface area contributed by atoms with Crippen molar-refractivity contribution in [1.82, 2.24) is 0 Å². The van der Waals surface area contributed by atoms with E-state index in [1.54, 1.807) is 12.1 Å². The second kappa shape index (κ2) is 39.9. The van der Waals surface area contributed by atoms with Crippen molar-refractivity contribution in [2.24, 2.45) is 0 Å². The first kappa shape index (κ1) is 49.3. The summed E-state index contributed by atoms with van der Waals surface area (Å²) in [6.07, 6.45) is 3.35. The summed E-state index contributed by atoms with van der Waals surface area (Å²) in [6, 6.07) is 7.28. The molecule has 1 rings (SSSR count). The van der Waals surface area contributed by atoms with Crippen molar-refractivity contribution in [3.8, 4) is 0 Å². The van der Waals surface area contributed by atoms with Gasteiger partial charge in [-0.15, -0.1) is 0 Å². The van der Waals surface area contributed by atoms with Crippen LogP contribution in [0.2, 0.25) is 0 Å². The van der Waals surface area contributed by atoms with E-state index in [0.29, 0.717) is 151 Å². The molecule has 1 N–H and O–H groups in total. The number of carbonyl (C=O) groups excluding carboxylic acids is 2. The number of benzene rings is 1. The molecule has 0 heterocycles. The van der Waals surface area contributed by atoms with Gasteiger partial charge in [0.25, 0.3) is 0 Å². The van der Waals surface area contributed by atoms with Crippen molar-refractivity contribution in [3.05, 3.63) is 42.5 Å². The number of ether oxygens (including phenoxy) is 13. The van der Waals surface area contributed by atoms with Gasteiger partial charge in [0, 0.05) is 18.3 Å². The van der Waals surface area contributed by atoms with Crippen molar-refractivity contribution in [1.29, 1.82) is 0 Å². The predicted molar refractivity (Wildman–Crippen MR) is 200 cm³/mol. The molecule has 0 radical (unpaired) electrons. The van der Waals surface area contributed by atoms with Gasteiger partial charge in [-0.3, -0.25) is 0 Å². The van der Waals surface area contributed by atoms with Crippen LogP contribution in [0.3, 0.4) is 0 Å². The topological polar surface area (TPSA) is 166 Å². The standard InChI is InChI=1S/C38H65NO15/c1-3-5-10-39-36-8-6-35(7-9-36)38(41)54-34-32-52-30-28-50-26-24-48-22-20-46-18-16-44-14-12-42-11-13-43-15-17-45-19-21-47-23-25-49-27-29-51-31-33-53-37(40)4-2/h4,6-9,39H,2-3,5,10-34H2,1H3. The van der Waals surface area contributed by atoms with Crippen LogP contribution < -0.4 is 5.32 Å². The lowest BCUT2D eigenvalue weighted by Gasteiger charge is -2.09. The van der Waals surface area contributed by atoms with Crippen LogP contribution in [-0.4, -0.2) is 177 Å². The first-order valence-corrected chi connectivity index (χ1v) is 18.8. The second-order valence-corrected chi connectivity index (χ2v) is 11.1. The number of unbranched alkanes of at least 4 members (excludes halogenated alkanes) is 1. The summed E-state index contributed by atoms with van der Waals surface area (Å²) in [5.74, 6) is -0.829. The number of nitrogens with one attached hydrogen (secondary N) is 1. The Hall–Kier alpha value is -2.74. The van der Waals surface area contributed by atoms with E-state index in [4.69, 9.17) is 61.6 Å². The van der Waals surface area contributed by atoms with Crippen LogP contribution in [0.1, 0.15) is 30.1 Å². The molecule has 0 unspecified atom stereocenters. The molecule has 1 aromatic carbocycles. The molecular weight excluding hydrogens is 710 g/mol. The molecule has 54 heavy (non-hydrogen) atoms. The highest BCUT2D eigenvalue weighted by Gasteiger charge is 2.07. The Morgan fingerprint density at radius 1 is 0.481 bits per heavy atom. The molecule has 16 nitrogen and oxygen atoms in total. The minimum atomic E-state index is -0.463. The third-order valence-corrected chi connectivity index (χ3v) is 6.80. The lowest BCUT2D eigenvalue weighted by Crippen LogP contribution is -2.16. The maximum Gasteiger partial charge on any atom is 0.338 e. The number of rotatable bonds is 42. The first-order valence-electron chi connectivity index (χ1n) is 18.8. The number of anilines is 1. The number of hydrogen-bond donors (Lipinski definition) is 1. The third-order valence-electron chi connectivity index (χ3n) is 6.80.